The van der Waals surface area contributed by atoms with E-state index in [2.05, 4.69) is 24.4 Å². The van der Waals surface area contributed by atoms with Crippen LogP contribution < -0.4 is 15.8 Å². The van der Waals surface area contributed by atoms with Gasteiger partial charge in [-0.25, -0.2) is 0 Å². The fourth-order valence-corrected chi connectivity index (χ4v) is 1.97. The predicted molar refractivity (Wildman–Crippen MR) is 84.2 cm³/mol. The van der Waals surface area contributed by atoms with Crippen molar-refractivity contribution in [3.05, 3.63) is 60.2 Å². The number of nitrogens with two attached hydrogens (primary N) is 1. The lowest BCUT2D eigenvalue weighted by atomic mass is 10.0. The number of nitrogen functional groups attached to an aromatic ring is 1. The minimum atomic E-state index is -0.152. The SMILES string of the molecule is CC(CNC(=O)COc1ccccc1N)c1ccccc1. The van der Waals surface area contributed by atoms with Gasteiger partial charge in [0.15, 0.2) is 6.61 Å². The Bertz CT molecular complexity index is 584. The maximum atomic E-state index is 11.8. The van der Waals surface area contributed by atoms with E-state index in [4.69, 9.17) is 10.5 Å². The second-order valence-corrected chi connectivity index (χ2v) is 4.94. The maximum absolute atomic E-state index is 11.8. The van der Waals surface area contributed by atoms with Crippen LogP contribution in [0.4, 0.5) is 5.69 Å². The molecule has 0 bridgehead atoms. The smallest absolute Gasteiger partial charge is 0.257 e. The highest BCUT2D eigenvalue weighted by Gasteiger charge is 2.08. The van der Waals surface area contributed by atoms with Crippen molar-refractivity contribution in [1.29, 1.82) is 0 Å². The standard InChI is InChI=1S/C17H20N2O2/c1-13(14-7-3-2-4-8-14)11-19-17(20)12-21-16-10-6-5-9-15(16)18/h2-10,13H,11-12,18H2,1H3,(H,19,20). The van der Waals surface area contributed by atoms with Gasteiger partial charge in [0.2, 0.25) is 0 Å². The third kappa shape index (κ3) is 4.53. The van der Waals surface area contributed by atoms with E-state index in [1.54, 1.807) is 12.1 Å². The molecule has 1 unspecified atom stereocenters. The van der Waals surface area contributed by atoms with Crippen LogP contribution in [0, 0.1) is 0 Å². The van der Waals surface area contributed by atoms with Gasteiger partial charge in [-0.05, 0) is 23.6 Å². The summed E-state index contributed by atoms with van der Waals surface area (Å²) in [6, 6.07) is 17.2. The number of carbonyl (C=O) groups is 1. The van der Waals surface area contributed by atoms with Crippen molar-refractivity contribution in [2.75, 3.05) is 18.9 Å². The van der Waals surface area contributed by atoms with Crippen molar-refractivity contribution in [2.45, 2.75) is 12.8 Å². The van der Waals surface area contributed by atoms with Gasteiger partial charge in [-0.2, -0.15) is 0 Å². The molecule has 0 aromatic heterocycles. The second kappa shape index (κ2) is 7.33. The maximum Gasteiger partial charge on any atom is 0.257 e. The Kier molecular flexibility index (Phi) is 5.21. The number of nitrogens with one attached hydrogen (secondary N) is 1. The lowest BCUT2D eigenvalue weighted by molar-refractivity contribution is -0.123. The summed E-state index contributed by atoms with van der Waals surface area (Å²) in [5.74, 6) is 0.640. The molecule has 4 heteroatoms. The summed E-state index contributed by atoms with van der Waals surface area (Å²) in [5.41, 5.74) is 7.48. The first-order valence-electron chi connectivity index (χ1n) is 6.96. The van der Waals surface area contributed by atoms with E-state index in [0.717, 1.165) is 0 Å². The Morgan fingerprint density at radius 3 is 2.52 bits per heavy atom. The minimum Gasteiger partial charge on any atom is -0.482 e. The van der Waals surface area contributed by atoms with E-state index in [0.29, 0.717) is 18.0 Å². The van der Waals surface area contributed by atoms with E-state index in [1.807, 2.05) is 30.3 Å². The summed E-state index contributed by atoms with van der Waals surface area (Å²) in [5, 5.41) is 2.87. The second-order valence-electron chi connectivity index (χ2n) is 4.94. The minimum absolute atomic E-state index is 0.0320. The summed E-state index contributed by atoms with van der Waals surface area (Å²) in [6.45, 7) is 2.62. The third-order valence-corrected chi connectivity index (χ3v) is 3.25. The number of ether oxygens (including phenoxy) is 1. The molecule has 21 heavy (non-hydrogen) atoms. The summed E-state index contributed by atoms with van der Waals surface area (Å²) in [6.07, 6.45) is 0. The lowest BCUT2D eigenvalue weighted by Crippen LogP contribution is -2.31. The van der Waals surface area contributed by atoms with Gasteiger partial charge in [-0.3, -0.25) is 4.79 Å². The zero-order chi connectivity index (χ0) is 15.1. The Morgan fingerprint density at radius 1 is 1.14 bits per heavy atom. The molecule has 0 aliphatic heterocycles. The van der Waals surface area contributed by atoms with Crippen LogP contribution in [0.3, 0.4) is 0 Å². The number of rotatable bonds is 6. The van der Waals surface area contributed by atoms with E-state index >= 15 is 0 Å². The van der Waals surface area contributed by atoms with Crippen LogP contribution >= 0.6 is 0 Å². The van der Waals surface area contributed by atoms with Gasteiger partial charge in [0.25, 0.3) is 5.91 Å². The Hall–Kier alpha value is -2.49. The zero-order valence-corrected chi connectivity index (χ0v) is 12.1. The molecule has 110 valence electrons. The Morgan fingerprint density at radius 2 is 1.81 bits per heavy atom. The third-order valence-electron chi connectivity index (χ3n) is 3.25. The van der Waals surface area contributed by atoms with Crippen LogP contribution in [0.5, 0.6) is 5.75 Å². The first-order chi connectivity index (χ1) is 10.2. The van der Waals surface area contributed by atoms with Crippen LogP contribution in [0.1, 0.15) is 18.4 Å². The fraction of sp³-hybridized carbons (Fsp3) is 0.235. The monoisotopic (exact) mass is 284 g/mol. The first-order valence-corrected chi connectivity index (χ1v) is 6.96. The van der Waals surface area contributed by atoms with Gasteiger partial charge in [-0.1, -0.05) is 49.4 Å². The highest BCUT2D eigenvalue weighted by atomic mass is 16.5. The predicted octanol–water partition coefficient (Wildman–Crippen LogP) is 2.57. The molecule has 0 aliphatic carbocycles. The molecule has 2 aromatic rings. The zero-order valence-electron chi connectivity index (χ0n) is 12.1. The summed E-state index contributed by atoms with van der Waals surface area (Å²) in [7, 11) is 0. The molecule has 0 fully saturated rings. The van der Waals surface area contributed by atoms with Crippen molar-refractivity contribution in [2.24, 2.45) is 0 Å². The van der Waals surface area contributed by atoms with Crippen LogP contribution in [0.2, 0.25) is 0 Å². The fourth-order valence-electron chi connectivity index (χ4n) is 1.97. The number of anilines is 1. The van der Waals surface area contributed by atoms with Crippen LogP contribution in [0.15, 0.2) is 54.6 Å². The molecular weight excluding hydrogens is 264 g/mol. The highest BCUT2D eigenvalue weighted by Crippen LogP contribution is 2.19. The Balaban J connectivity index is 1.76. The van der Waals surface area contributed by atoms with E-state index in [-0.39, 0.29) is 18.4 Å². The van der Waals surface area contributed by atoms with Crippen LogP contribution in [0.25, 0.3) is 0 Å². The molecule has 0 aliphatic rings. The van der Waals surface area contributed by atoms with Crippen molar-refractivity contribution >= 4 is 11.6 Å². The van der Waals surface area contributed by atoms with Crippen molar-refractivity contribution in [1.82, 2.24) is 5.32 Å². The van der Waals surface area contributed by atoms with E-state index < -0.39 is 0 Å². The molecule has 0 heterocycles. The molecular formula is C17H20N2O2. The van der Waals surface area contributed by atoms with Gasteiger partial charge < -0.3 is 15.8 Å². The first kappa shape index (κ1) is 14.9. The normalized spacial score (nSPS) is 11.7. The average molecular weight is 284 g/mol. The molecule has 1 atom stereocenters. The van der Waals surface area contributed by atoms with Crippen LogP contribution in [-0.2, 0) is 4.79 Å². The molecule has 0 spiro atoms. The average Bonchev–Trinajstić information content (AvgIpc) is 2.52. The van der Waals surface area contributed by atoms with Gasteiger partial charge in [0.05, 0.1) is 5.69 Å². The summed E-state index contributed by atoms with van der Waals surface area (Å²) < 4.78 is 5.40. The molecule has 3 N–H and O–H groups in total. The number of benzene rings is 2. The number of carbonyl (C=O) groups excluding carboxylic acids is 1. The highest BCUT2D eigenvalue weighted by molar-refractivity contribution is 5.77. The largest absolute Gasteiger partial charge is 0.482 e. The molecule has 0 saturated carbocycles. The summed E-state index contributed by atoms with van der Waals surface area (Å²) in [4.78, 5) is 11.8. The molecule has 2 rings (SSSR count). The molecule has 4 nitrogen and oxygen atoms in total. The van der Waals surface area contributed by atoms with Gasteiger partial charge in [-0.15, -0.1) is 0 Å². The van der Waals surface area contributed by atoms with Gasteiger partial charge in [0.1, 0.15) is 5.75 Å². The number of amides is 1. The van der Waals surface area contributed by atoms with Gasteiger partial charge in [0, 0.05) is 6.54 Å². The van der Waals surface area contributed by atoms with Crippen molar-refractivity contribution in [3.8, 4) is 5.75 Å². The lowest BCUT2D eigenvalue weighted by Gasteiger charge is -2.13. The van der Waals surface area contributed by atoms with Gasteiger partial charge >= 0.3 is 0 Å². The molecule has 0 radical (unpaired) electrons. The quantitative estimate of drug-likeness (QED) is 0.801. The van der Waals surface area contributed by atoms with Crippen molar-refractivity contribution in [3.63, 3.8) is 0 Å². The van der Waals surface area contributed by atoms with E-state index in [1.165, 1.54) is 5.56 Å². The number of para-hydroxylation sites is 2. The number of hydrogen-bond acceptors (Lipinski definition) is 3. The summed E-state index contributed by atoms with van der Waals surface area (Å²) >= 11 is 0. The Labute approximate surface area is 124 Å². The molecule has 1 amide bonds. The van der Waals surface area contributed by atoms with E-state index in [9.17, 15) is 4.79 Å². The molecule has 0 saturated heterocycles. The topological polar surface area (TPSA) is 64.3 Å². The molecule has 2 aromatic carbocycles. The number of hydrogen-bond donors (Lipinski definition) is 2. The van der Waals surface area contributed by atoms with Crippen LogP contribution in [-0.4, -0.2) is 19.1 Å². The van der Waals surface area contributed by atoms with Crippen molar-refractivity contribution < 1.29 is 9.53 Å².